The molecule has 0 aliphatic carbocycles. The summed E-state index contributed by atoms with van der Waals surface area (Å²) < 4.78 is 6.98. The highest BCUT2D eigenvalue weighted by Crippen LogP contribution is 2.29. The van der Waals surface area contributed by atoms with Crippen LogP contribution in [0.4, 0.5) is 0 Å². The molecule has 0 bridgehead atoms. The summed E-state index contributed by atoms with van der Waals surface area (Å²) in [6.07, 6.45) is 0.907. The summed E-state index contributed by atoms with van der Waals surface area (Å²) in [5, 5.41) is 16.2. The van der Waals surface area contributed by atoms with E-state index in [1.54, 1.807) is 16.0 Å². The van der Waals surface area contributed by atoms with Gasteiger partial charge < -0.3 is 4.74 Å². The number of nitrogens with zero attached hydrogens (tertiary/aromatic N) is 5. The standard InChI is InChI=1S/C14H15N5O2S2/c1-3-5-19-11(16-17-18-19)7-21-14(20)12-9(2)15-13(23-12)10-4-6-22-8-10/h4,6,8H,3,5,7H2,1-2H3. The lowest BCUT2D eigenvalue weighted by molar-refractivity contribution is 0.0461. The van der Waals surface area contributed by atoms with E-state index >= 15 is 0 Å². The Morgan fingerprint density at radius 2 is 2.30 bits per heavy atom. The van der Waals surface area contributed by atoms with Gasteiger partial charge in [0.2, 0.25) is 0 Å². The molecule has 120 valence electrons. The van der Waals surface area contributed by atoms with Crippen LogP contribution >= 0.6 is 22.7 Å². The Balaban J connectivity index is 1.70. The third-order valence-electron chi connectivity index (χ3n) is 3.12. The van der Waals surface area contributed by atoms with Gasteiger partial charge in [0.05, 0.1) is 5.69 Å². The summed E-state index contributed by atoms with van der Waals surface area (Å²) in [5.74, 6) is 0.146. The van der Waals surface area contributed by atoms with Crippen molar-refractivity contribution in [1.29, 1.82) is 0 Å². The number of ether oxygens (including phenoxy) is 1. The number of carbonyl (C=O) groups excluding carboxylic acids is 1. The molecule has 0 aromatic carbocycles. The van der Waals surface area contributed by atoms with E-state index in [0.29, 0.717) is 22.9 Å². The van der Waals surface area contributed by atoms with E-state index in [1.807, 2.05) is 30.7 Å². The molecule has 3 aromatic rings. The Labute approximate surface area is 140 Å². The van der Waals surface area contributed by atoms with Gasteiger partial charge in [-0.2, -0.15) is 11.3 Å². The highest BCUT2D eigenvalue weighted by Gasteiger charge is 2.19. The van der Waals surface area contributed by atoms with Crippen molar-refractivity contribution in [2.45, 2.75) is 33.4 Å². The van der Waals surface area contributed by atoms with Crippen LogP contribution in [0.25, 0.3) is 10.6 Å². The first-order valence-electron chi connectivity index (χ1n) is 7.11. The lowest BCUT2D eigenvalue weighted by Crippen LogP contribution is -2.10. The lowest BCUT2D eigenvalue weighted by Gasteiger charge is -2.04. The maximum atomic E-state index is 12.3. The largest absolute Gasteiger partial charge is 0.453 e. The Kier molecular flexibility index (Phi) is 4.77. The van der Waals surface area contributed by atoms with Gasteiger partial charge in [-0.15, -0.1) is 16.4 Å². The maximum Gasteiger partial charge on any atom is 0.350 e. The van der Waals surface area contributed by atoms with Crippen LogP contribution in [0.3, 0.4) is 0 Å². The Morgan fingerprint density at radius 1 is 1.43 bits per heavy atom. The molecule has 0 saturated heterocycles. The van der Waals surface area contributed by atoms with Crippen LogP contribution in [0, 0.1) is 6.92 Å². The van der Waals surface area contributed by atoms with Crippen LogP contribution in [-0.2, 0) is 17.9 Å². The predicted molar refractivity (Wildman–Crippen MR) is 87.4 cm³/mol. The molecule has 0 aliphatic heterocycles. The minimum Gasteiger partial charge on any atom is -0.453 e. The van der Waals surface area contributed by atoms with Crippen LogP contribution in [-0.4, -0.2) is 31.2 Å². The van der Waals surface area contributed by atoms with E-state index in [0.717, 1.165) is 17.0 Å². The molecule has 0 radical (unpaired) electrons. The summed E-state index contributed by atoms with van der Waals surface area (Å²) >= 11 is 2.94. The summed E-state index contributed by atoms with van der Waals surface area (Å²) in [7, 11) is 0. The van der Waals surface area contributed by atoms with Crippen molar-refractivity contribution >= 4 is 28.6 Å². The van der Waals surface area contributed by atoms with E-state index in [9.17, 15) is 4.79 Å². The fourth-order valence-electron chi connectivity index (χ4n) is 2.00. The third kappa shape index (κ3) is 3.45. The third-order valence-corrected chi connectivity index (χ3v) is 4.99. The molecule has 3 heterocycles. The summed E-state index contributed by atoms with van der Waals surface area (Å²) in [5.41, 5.74) is 1.70. The van der Waals surface area contributed by atoms with Gasteiger partial charge in [0.1, 0.15) is 9.88 Å². The zero-order valence-corrected chi connectivity index (χ0v) is 14.4. The first-order chi connectivity index (χ1) is 11.2. The average Bonchev–Trinajstić information content (AvgIpc) is 3.25. The van der Waals surface area contributed by atoms with Gasteiger partial charge >= 0.3 is 5.97 Å². The number of hydrogen-bond acceptors (Lipinski definition) is 8. The van der Waals surface area contributed by atoms with Crippen LogP contribution in [0.1, 0.15) is 34.5 Å². The predicted octanol–water partition coefficient (Wildman–Crippen LogP) is 2.93. The second kappa shape index (κ2) is 6.97. The minimum absolute atomic E-state index is 0.0525. The molecule has 7 nitrogen and oxygen atoms in total. The number of esters is 1. The van der Waals surface area contributed by atoms with Gasteiger partial charge in [-0.3, -0.25) is 0 Å². The van der Waals surface area contributed by atoms with Crippen molar-refractivity contribution in [3.63, 3.8) is 0 Å². The maximum absolute atomic E-state index is 12.3. The van der Waals surface area contributed by atoms with Crippen molar-refractivity contribution in [3.05, 3.63) is 33.2 Å². The topological polar surface area (TPSA) is 82.8 Å². The fourth-order valence-corrected chi connectivity index (χ4v) is 3.67. The molecule has 0 unspecified atom stereocenters. The second-order valence-electron chi connectivity index (χ2n) is 4.84. The monoisotopic (exact) mass is 349 g/mol. The fraction of sp³-hybridized carbons (Fsp3) is 0.357. The van der Waals surface area contributed by atoms with Gasteiger partial charge in [0, 0.05) is 17.5 Å². The Morgan fingerprint density at radius 3 is 3.04 bits per heavy atom. The summed E-state index contributed by atoms with van der Waals surface area (Å²) in [4.78, 5) is 17.2. The summed E-state index contributed by atoms with van der Waals surface area (Å²) in [6.45, 7) is 4.59. The van der Waals surface area contributed by atoms with E-state index in [4.69, 9.17) is 4.74 Å². The van der Waals surface area contributed by atoms with E-state index in [-0.39, 0.29) is 6.61 Å². The first kappa shape index (κ1) is 15.8. The number of hydrogen-bond donors (Lipinski definition) is 0. The van der Waals surface area contributed by atoms with Gasteiger partial charge in [0.25, 0.3) is 0 Å². The molecular formula is C14H15N5O2S2. The molecule has 3 aromatic heterocycles. The highest BCUT2D eigenvalue weighted by molar-refractivity contribution is 7.17. The quantitative estimate of drug-likeness (QED) is 0.636. The van der Waals surface area contributed by atoms with Crippen LogP contribution in [0.2, 0.25) is 0 Å². The molecular weight excluding hydrogens is 334 g/mol. The Hall–Kier alpha value is -2.13. The van der Waals surface area contributed by atoms with Crippen molar-refractivity contribution in [3.8, 4) is 10.6 Å². The molecule has 0 saturated carbocycles. The molecule has 0 amide bonds. The highest BCUT2D eigenvalue weighted by atomic mass is 32.1. The molecule has 23 heavy (non-hydrogen) atoms. The molecule has 0 atom stereocenters. The second-order valence-corrected chi connectivity index (χ2v) is 6.62. The van der Waals surface area contributed by atoms with Crippen LogP contribution in [0.5, 0.6) is 0 Å². The van der Waals surface area contributed by atoms with Crippen molar-refractivity contribution in [2.75, 3.05) is 0 Å². The molecule has 0 fully saturated rings. The van der Waals surface area contributed by atoms with Crippen molar-refractivity contribution in [1.82, 2.24) is 25.2 Å². The van der Waals surface area contributed by atoms with E-state index in [2.05, 4.69) is 20.5 Å². The number of aryl methyl sites for hydroxylation is 2. The summed E-state index contributed by atoms with van der Waals surface area (Å²) in [6, 6.07) is 1.98. The zero-order chi connectivity index (χ0) is 16.2. The van der Waals surface area contributed by atoms with Gasteiger partial charge in [0.15, 0.2) is 12.4 Å². The number of rotatable bonds is 6. The normalized spacial score (nSPS) is 10.9. The molecule has 0 spiro atoms. The molecule has 9 heteroatoms. The van der Waals surface area contributed by atoms with Gasteiger partial charge in [-0.25, -0.2) is 14.5 Å². The molecule has 0 N–H and O–H groups in total. The Bertz CT molecular complexity index is 794. The lowest BCUT2D eigenvalue weighted by atomic mass is 10.3. The average molecular weight is 349 g/mol. The van der Waals surface area contributed by atoms with Gasteiger partial charge in [-0.1, -0.05) is 6.92 Å². The van der Waals surface area contributed by atoms with E-state index < -0.39 is 5.97 Å². The minimum atomic E-state index is -0.396. The van der Waals surface area contributed by atoms with Crippen LogP contribution < -0.4 is 0 Å². The molecule has 3 rings (SSSR count). The molecule has 0 aliphatic rings. The number of tetrazole rings is 1. The van der Waals surface area contributed by atoms with E-state index in [1.165, 1.54) is 11.3 Å². The SMILES string of the molecule is CCCn1nnnc1COC(=O)c1sc(-c2ccsc2)nc1C. The van der Waals surface area contributed by atoms with Crippen molar-refractivity contribution < 1.29 is 9.53 Å². The van der Waals surface area contributed by atoms with Gasteiger partial charge in [-0.05, 0) is 35.2 Å². The van der Waals surface area contributed by atoms with Crippen molar-refractivity contribution in [2.24, 2.45) is 0 Å². The number of thiazole rings is 1. The zero-order valence-electron chi connectivity index (χ0n) is 12.7. The first-order valence-corrected chi connectivity index (χ1v) is 8.87. The number of carbonyl (C=O) groups is 1. The van der Waals surface area contributed by atoms with Crippen LogP contribution in [0.15, 0.2) is 16.8 Å². The number of aromatic nitrogens is 5. The smallest absolute Gasteiger partial charge is 0.350 e. The number of thiophene rings is 1.